The Balaban J connectivity index is 1.76. The Bertz CT molecular complexity index is 1060. The van der Waals surface area contributed by atoms with Crippen molar-refractivity contribution in [3.8, 4) is 0 Å². The van der Waals surface area contributed by atoms with Gasteiger partial charge in [0.15, 0.2) is 24.8 Å². The van der Waals surface area contributed by atoms with Gasteiger partial charge in [-0.15, -0.1) is 0 Å². The van der Waals surface area contributed by atoms with Gasteiger partial charge in [-0.2, -0.15) is 0 Å². The van der Waals surface area contributed by atoms with Gasteiger partial charge < -0.3 is 20.1 Å². The molecule has 0 saturated carbocycles. The summed E-state index contributed by atoms with van der Waals surface area (Å²) in [6.45, 7) is 1.40. The van der Waals surface area contributed by atoms with Gasteiger partial charge >= 0.3 is 11.9 Å². The quantitative estimate of drug-likeness (QED) is 0.308. The standard InChI is InChI=1S/C24H22N2O8/c1-15(27)17-7-3-5-9-19(17)25-21(29)13-33-23(31)11-12-24(32)34-14-22(30)26-20-10-6-4-8-18(20)16(2)28/h3-12H,13-14H2,1-2H3,(H,25,29)(H,26,30). The van der Waals surface area contributed by atoms with Gasteiger partial charge in [0, 0.05) is 23.3 Å². The molecule has 0 aliphatic heterocycles. The summed E-state index contributed by atoms with van der Waals surface area (Å²) in [6, 6.07) is 12.7. The highest BCUT2D eigenvalue weighted by atomic mass is 16.5. The summed E-state index contributed by atoms with van der Waals surface area (Å²) in [5, 5.41) is 4.91. The molecule has 0 aromatic heterocycles. The molecule has 0 aliphatic carbocycles. The number of carbonyl (C=O) groups excluding carboxylic acids is 6. The second-order valence-electron chi connectivity index (χ2n) is 6.85. The maximum absolute atomic E-state index is 11.9. The van der Waals surface area contributed by atoms with E-state index in [0.29, 0.717) is 11.1 Å². The molecular formula is C24H22N2O8. The summed E-state index contributed by atoms with van der Waals surface area (Å²) >= 11 is 0. The summed E-state index contributed by atoms with van der Waals surface area (Å²) in [4.78, 5) is 70.4. The van der Waals surface area contributed by atoms with Crippen LogP contribution in [0.15, 0.2) is 60.7 Å². The lowest BCUT2D eigenvalue weighted by molar-refractivity contribution is -0.144. The van der Waals surface area contributed by atoms with Crippen LogP contribution in [0.4, 0.5) is 11.4 Å². The van der Waals surface area contributed by atoms with Crippen molar-refractivity contribution in [3.05, 3.63) is 71.8 Å². The average molecular weight is 466 g/mol. The first-order valence-electron chi connectivity index (χ1n) is 9.98. The monoisotopic (exact) mass is 466 g/mol. The molecule has 2 N–H and O–H groups in total. The minimum absolute atomic E-state index is 0.244. The number of rotatable bonds is 10. The predicted molar refractivity (Wildman–Crippen MR) is 121 cm³/mol. The lowest BCUT2D eigenvalue weighted by atomic mass is 10.1. The number of ketones is 2. The molecule has 34 heavy (non-hydrogen) atoms. The van der Waals surface area contributed by atoms with Crippen LogP contribution in [0.3, 0.4) is 0 Å². The zero-order chi connectivity index (χ0) is 25.1. The third kappa shape index (κ3) is 8.15. The number of carbonyl (C=O) groups is 6. The predicted octanol–water partition coefficient (Wildman–Crippen LogP) is 2.31. The number of Topliss-reactive ketones (excluding diaryl/α,β-unsaturated/α-hetero) is 2. The van der Waals surface area contributed by atoms with Crippen molar-refractivity contribution < 1.29 is 38.2 Å². The van der Waals surface area contributed by atoms with Gasteiger partial charge in [0.05, 0.1) is 11.4 Å². The third-order valence-corrected chi connectivity index (χ3v) is 4.21. The van der Waals surface area contributed by atoms with Crippen LogP contribution in [0.5, 0.6) is 0 Å². The molecule has 0 saturated heterocycles. The Labute approximate surface area is 194 Å². The highest BCUT2D eigenvalue weighted by Gasteiger charge is 2.13. The number of hydrogen-bond acceptors (Lipinski definition) is 8. The summed E-state index contributed by atoms with van der Waals surface area (Å²) in [5.41, 5.74) is 1.16. The summed E-state index contributed by atoms with van der Waals surface area (Å²) < 4.78 is 9.45. The van der Waals surface area contributed by atoms with Crippen LogP contribution in [0.25, 0.3) is 0 Å². The zero-order valence-corrected chi connectivity index (χ0v) is 18.5. The fourth-order valence-electron chi connectivity index (χ4n) is 2.68. The number of nitrogens with one attached hydrogen (secondary N) is 2. The topological polar surface area (TPSA) is 145 Å². The molecule has 176 valence electrons. The molecule has 2 amide bonds. The van der Waals surface area contributed by atoms with Gasteiger partial charge in [0.2, 0.25) is 0 Å². The Morgan fingerprint density at radius 3 is 1.35 bits per heavy atom. The maximum Gasteiger partial charge on any atom is 0.331 e. The molecule has 0 spiro atoms. The number of benzene rings is 2. The van der Waals surface area contributed by atoms with E-state index in [4.69, 9.17) is 9.47 Å². The molecule has 0 fully saturated rings. The van der Waals surface area contributed by atoms with E-state index < -0.39 is 37.0 Å². The Morgan fingerprint density at radius 2 is 1.00 bits per heavy atom. The minimum atomic E-state index is -0.994. The van der Waals surface area contributed by atoms with Crippen LogP contribution in [0.2, 0.25) is 0 Å². The highest BCUT2D eigenvalue weighted by molar-refractivity contribution is 6.05. The van der Waals surface area contributed by atoms with Crippen molar-refractivity contribution in [1.82, 2.24) is 0 Å². The smallest absolute Gasteiger partial charge is 0.331 e. The van der Waals surface area contributed by atoms with E-state index in [-0.39, 0.29) is 22.9 Å². The molecular weight excluding hydrogens is 444 g/mol. The molecule has 10 heteroatoms. The number of anilines is 2. The van der Waals surface area contributed by atoms with E-state index in [1.165, 1.54) is 26.0 Å². The molecule has 2 rings (SSSR count). The lowest BCUT2D eigenvalue weighted by Gasteiger charge is -2.09. The summed E-state index contributed by atoms with van der Waals surface area (Å²) in [5.74, 6) is -3.84. The van der Waals surface area contributed by atoms with E-state index in [1.54, 1.807) is 36.4 Å². The Hall–Kier alpha value is -4.60. The molecule has 10 nitrogen and oxygen atoms in total. The molecule has 0 aliphatic rings. The van der Waals surface area contributed by atoms with E-state index in [2.05, 4.69) is 10.6 Å². The SMILES string of the molecule is CC(=O)c1ccccc1NC(=O)COC(=O)C=CC(=O)OCC(=O)Nc1ccccc1C(C)=O. The second kappa shape index (κ2) is 12.4. The molecule has 0 radical (unpaired) electrons. The second-order valence-corrected chi connectivity index (χ2v) is 6.85. The van der Waals surface area contributed by atoms with Crippen LogP contribution < -0.4 is 10.6 Å². The third-order valence-electron chi connectivity index (χ3n) is 4.21. The minimum Gasteiger partial charge on any atom is -0.452 e. The normalized spacial score (nSPS) is 10.3. The van der Waals surface area contributed by atoms with E-state index >= 15 is 0 Å². The van der Waals surface area contributed by atoms with Crippen molar-refractivity contribution >= 4 is 46.7 Å². The molecule has 2 aromatic rings. The van der Waals surface area contributed by atoms with E-state index in [1.807, 2.05) is 0 Å². The Kier molecular flexibility index (Phi) is 9.39. The van der Waals surface area contributed by atoms with Gasteiger partial charge in [-0.25, -0.2) is 9.59 Å². The summed E-state index contributed by atoms with van der Waals surface area (Å²) in [6.07, 6.45) is 1.48. The maximum atomic E-state index is 11.9. The number of para-hydroxylation sites is 2. The van der Waals surface area contributed by atoms with Gasteiger partial charge in [-0.3, -0.25) is 19.2 Å². The first-order chi connectivity index (χ1) is 16.2. The molecule has 0 bridgehead atoms. The lowest BCUT2D eigenvalue weighted by Crippen LogP contribution is -2.22. The number of amides is 2. The zero-order valence-electron chi connectivity index (χ0n) is 18.5. The number of ether oxygens (including phenoxy) is 2. The number of hydrogen-bond donors (Lipinski definition) is 2. The largest absolute Gasteiger partial charge is 0.452 e. The molecule has 2 aromatic carbocycles. The van der Waals surface area contributed by atoms with Crippen molar-refractivity contribution in [1.29, 1.82) is 0 Å². The van der Waals surface area contributed by atoms with Crippen molar-refractivity contribution in [2.75, 3.05) is 23.8 Å². The van der Waals surface area contributed by atoms with Gasteiger partial charge in [0.1, 0.15) is 0 Å². The van der Waals surface area contributed by atoms with Gasteiger partial charge in [0.25, 0.3) is 11.8 Å². The fourth-order valence-corrected chi connectivity index (χ4v) is 2.68. The van der Waals surface area contributed by atoms with Gasteiger partial charge in [-0.05, 0) is 38.1 Å². The van der Waals surface area contributed by atoms with Crippen LogP contribution in [0, 0.1) is 0 Å². The number of esters is 2. The highest BCUT2D eigenvalue weighted by Crippen LogP contribution is 2.16. The van der Waals surface area contributed by atoms with Crippen LogP contribution >= 0.6 is 0 Å². The Morgan fingerprint density at radius 1 is 0.647 bits per heavy atom. The summed E-state index contributed by atoms with van der Waals surface area (Å²) in [7, 11) is 0. The van der Waals surface area contributed by atoms with Crippen LogP contribution in [-0.2, 0) is 28.7 Å². The van der Waals surface area contributed by atoms with Crippen LogP contribution in [0.1, 0.15) is 34.6 Å². The molecule has 0 heterocycles. The van der Waals surface area contributed by atoms with Crippen molar-refractivity contribution in [2.24, 2.45) is 0 Å². The van der Waals surface area contributed by atoms with E-state index in [9.17, 15) is 28.8 Å². The van der Waals surface area contributed by atoms with E-state index in [0.717, 1.165) is 12.2 Å². The van der Waals surface area contributed by atoms with Crippen LogP contribution in [-0.4, -0.2) is 48.5 Å². The van der Waals surface area contributed by atoms with Crippen molar-refractivity contribution in [3.63, 3.8) is 0 Å². The van der Waals surface area contributed by atoms with Gasteiger partial charge in [-0.1, -0.05) is 24.3 Å². The molecule has 0 unspecified atom stereocenters. The first-order valence-corrected chi connectivity index (χ1v) is 9.98. The average Bonchev–Trinajstić information content (AvgIpc) is 2.80. The molecule has 0 atom stereocenters. The first kappa shape index (κ1) is 25.7. The fraction of sp³-hybridized carbons (Fsp3) is 0.167. The van der Waals surface area contributed by atoms with Crippen molar-refractivity contribution in [2.45, 2.75) is 13.8 Å².